The summed E-state index contributed by atoms with van der Waals surface area (Å²) in [6.45, 7) is 0.575. The Bertz CT molecular complexity index is 399. The Balaban J connectivity index is 2.21. The fraction of sp³-hybridized carbons (Fsp3) is 0.500. The molecule has 0 saturated carbocycles. The summed E-state index contributed by atoms with van der Waals surface area (Å²) in [6, 6.07) is 0. The van der Waals surface area contributed by atoms with Crippen molar-refractivity contribution in [3.8, 4) is 0 Å². The summed E-state index contributed by atoms with van der Waals surface area (Å²) in [5.74, 6) is 0. The minimum atomic E-state index is -0.413. The molecule has 1 fully saturated rings. The van der Waals surface area contributed by atoms with Crippen molar-refractivity contribution in [1.29, 1.82) is 0 Å². The first-order valence-corrected chi connectivity index (χ1v) is 4.99. The summed E-state index contributed by atoms with van der Waals surface area (Å²) in [5, 5.41) is 8.20. The first-order valence-electron chi connectivity index (χ1n) is 4.23. The molecule has 14 heavy (non-hydrogen) atoms. The Morgan fingerprint density at radius 3 is 2.86 bits per heavy atom. The monoisotopic (exact) mass is 232 g/mol. The van der Waals surface area contributed by atoms with Gasteiger partial charge in [0.25, 0.3) is 0 Å². The van der Waals surface area contributed by atoms with Crippen molar-refractivity contribution in [3.05, 3.63) is 21.4 Å². The second-order valence-corrected chi connectivity index (χ2v) is 4.02. The van der Waals surface area contributed by atoms with E-state index in [4.69, 9.17) is 32.7 Å². The zero-order valence-electron chi connectivity index (χ0n) is 7.04. The first kappa shape index (κ1) is 8.85. The smallest absolute Gasteiger partial charge is 0.187 e. The number of hydrogen-bond acceptors (Lipinski definition) is 4. The van der Waals surface area contributed by atoms with Gasteiger partial charge in [-0.1, -0.05) is 23.2 Å². The van der Waals surface area contributed by atoms with Crippen LogP contribution in [0.3, 0.4) is 0 Å². The molecule has 0 spiro atoms. The molecule has 1 saturated heterocycles. The van der Waals surface area contributed by atoms with Gasteiger partial charge >= 0.3 is 0 Å². The summed E-state index contributed by atoms with van der Waals surface area (Å²) in [7, 11) is 0. The van der Waals surface area contributed by atoms with Crippen molar-refractivity contribution in [2.24, 2.45) is 0 Å². The second-order valence-electron chi connectivity index (χ2n) is 3.30. The molecule has 2 aliphatic heterocycles. The highest BCUT2D eigenvalue weighted by Crippen LogP contribution is 2.41. The maximum absolute atomic E-state index is 5.93. The molecule has 1 aromatic rings. The van der Waals surface area contributed by atoms with Gasteiger partial charge in [0, 0.05) is 12.0 Å². The van der Waals surface area contributed by atoms with Crippen molar-refractivity contribution < 1.29 is 9.47 Å². The van der Waals surface area contributed by atoms with Crippen LogP contribution in [0.25, 0.3) is 0 Å². The highest BCUT2D eigenvalue weighted by atomic mass is 35.5. The van der Waals surface area contributed by atoms with Gasteiger partial charge < -0.3 is 9.47 Å². The molecule has 2 aliphatic rings. The van der Waals surface area contributed by atoms with Crippen molar-refractivity contribution in [2.75, 3.05) is 6.61 Å². The molecule has 0 N–H and O–H groups in total. The molecule has 1 aromatic heterocycles. The topological polar surface area (TPSA) is 44.2 Å². The fourth-order valence-electron chi connectivity index (χ4n) is 1.81. The van der Waals surface area contributed by atoms with Gasteiger partial charge in [-0.25, -0.2) is 0 Å². The molecule has 0 aliphatic carbocycles. The van der Waals surface area contributed by atoms with E-state index in [0.29, 0.717) is 23.3 Å². The van der Waals surface area contributed by atoms with E-state index >= 15 is 0 Å². The zero-order valence-corrected chi connectivity index (χ0v) is 8.55. The average molecular weight is 233 g/mol. The van der Waals surface area contributed by atoms with Gasteiger partial charge in [0.15, 0.2) is 16.6 Å². The predicted octanol–water partition coefficient (Wildman–Crippen LogP) is 1.75. The molecule has 0 aromatic carbocycles. The minimum Gasteiger partial charge on any atom is -0.346 e. The molecule has 2 bridgehead atoms. The zero-order chi connectivity index (χ0) is 9.71. The molecule has 3 heterocycles. The maximum Gasteiger partial charge on any atom is 0.187 e. The molecular weight excluding hydrogens is 227 g/mol. The van der Waals surface area contributed by atoms with Crippen LogP contribution in [0.15, 0.2) is 0 Å². The van der Waals surface area contributed by atoms with Crippen LogP contribution in [0.4, 0.5) is 0 Å². The first-order chi connectivity index (χ1) is 6.75. The normalized spacial score (nSPS) is 29.0. The van der Waals surface area contributed by atoms with E-state index in [9.17, 15) is 0 Å². The molecule has 74 valence electrons. The van der Waals surface area contributed by atoms with Crippen LogP contribution >= 0.6 is 23.2 Å². The average Bonchev–Trinajstić information content (AvgIpc) is 2.54. The number of halogens is 2. The quantitative estimate of drug-likeness (QED) is 0.684. The Morgan fingerprint density at radius 1 is 1.21 bits per heavy atom. The Labute approximate surface area is 90.1 Å². The van der Waals surface area contributed by atoms with Gasteiger partial charge in [-0.15, -0.1) is 10.2 Å². The van der Waals surface area contributed by atoms with Crippen LogP contribution in [0.5, 0.6) is 0 Å². The molecule has 2 atom stereocenters. The van der Waals surface area contributed by atoms with Gasteiger partial charge in [0.1, 0.15) is 0 Å². The van der Waals surface area contributed by atoms with Crippen LogP contribution < -0.4 is 0 Å². The number of rotatable bonds is 0. The van der Waals surface area contributed by atoms with E-state index < -0.39 is 6.29 Å². The highest BCUT2D eigenvalue weighted by molar-refractivity contribution is 6.32. The number of ether oxygens (including phenoxy) is 2. The van der Waals surface area contributed by atoms with Crippen LogP contribution in [0, 0.1) is 0 Å². The number of nitrogens with zero attached hydrogens (tertiary/aromatic N) is 2. The SMILES string of the molecule is Clc1nnc(Cl)c2c1C[C@H]1CO[C@@H]2O1. The maximum atomic E-state index is 5.93. The lowest BCUT2D eigenvalue weighted by atomic mass is 10.0. The summed E-state index contributed by atoms with van der Waals surface area (Å²) >= 11 is 11.8. The molecule has 0 amide bonds. The fourth-order valence-corrected chi connectivity index (χ4v) is 2.26. The molecule has 6 heteroatoms. The largest absolute Gasteiger partial charge is 0.346 e. The van der Waals surface area contributed by atoms with Gasteiger partial charge in [-0.2, -0.15) is 0 Å². The molecule has 3 rings (SSSR count). The molecular formula is C8H6Cl2N2O2. The van der Waals surface area contributed by atoms with Gasteiger partial charge in [0.05, 0.1) is 18.3 Å². The van der Waals surface area contributed by atoms with Gasteiger partial charge in [-0.3, -0.25) is 0 Å². The lowest BCUT2D eigenvalue weighted by Crippen LogP contribution is -2.21. The Hall–Kier alpha value is -0.420. The third kappa shape index (κ3) is 1.15. The van der Waals surface area contributed by atoms with E-state index in [1.807, 2.05) is 0 Å². The lowest BCUT2D eigenvalue weighted by molar-refractivity contribution is -0.0680. The van der Waals surface area contributed by atoms with Crippen molar-refractivity contribution in [2.45, 2.75) is 18.8 Å². The third-order valence-corrected chi connectivity index (χ3v) is 3.02. The highest BCUT2D eigenvalue weighted by Gasteiger charge is 2.38. The molecule has 4 nitrogen and oxygen atoms in total. The Morgan fingerprint density at radius 2 is 2.00 bits per heavy atom. The number of hydrogen-bond donors (Lipinski definition) is 0. The molecule has 0 radical (unpaired) electrons. The van der Waals surface area contributed by atoms with Gasteiger partial charge in [-0.05, 0) is 0 Å². The van der Waals surface area contributed by atoms with Crippen molar-refractivity contribution >= 4 is 23.2 Å². The van der Waals surface area contributed by atoms with E-state index in [1.54, 1.807) is 0 Å². The van der Waals surface area contributed by atoms with E-state index in [-0.39, 0.29) is 6.10 Å². The summed E-state index contributed by atoms with van der Waals surface area (Å²) in [6.07, 6.45) is 0.356. The number of aromatic nitrogens is 2. The van der Waals surface area contributed by atoms with Crippen LogP contribution in [0.2, 0.25) is 10.3 Å². The minimum absolute atomic E-state index is 0.0743. The van der Waals surface area contributed by atoms with Crippen LogP contribution in [-0.4, -0.2) is 22.9 Å². The van der Waals surface area contributed by atoms with E-state index in [0.717, 1.165) is 11.1 Å². The summed E-state index contributed by atoms with van der Waals surface area (Å²) in [5.41, 5.74) is 1.64. The number of fused-ring (bicyclic) bond motifs is 4. The summed E-state index contributed by atoms with van der Waals surface area (Å²) < 4.78 is 10.9. The standard InChI is InChI=1S/C8H6Cl2N2O2/c9-6-4-1-3-2-13-8(14-3)5(4)7(10)12-11-6/h3,8H,1-2H2/t3-,8+/m0/s1. The lowest BCUT2D eigenvalue weighted by Gasteiger charge is -2.22. The summed E-state index contributed by atoms with van der Waals surface area (Å²) in [4.78, 5) is 0. The van der Waals surface area contributed by atoms with Crippen molar-refractivity contribution in [3.63, 3.8) is 0 Å². The molecule has 0 unspecified atom stereocenters. The van der Waals surface area contributed by atoms with Crippen LogP contribution in [0.1, 0.15) is 17.4 Å². The van der Waals surface area contributed by atoms with Gasteiger partial charge in [0.2, 0.25) is 0 Å². The van der Waals surface area contributed by atoms with E-state index in [1.165, 1.54) is 0 Å². The predicted molar refractivity (Wildman–Crippen MR) is 49.3 cm³/mol. The van der Waals surface area contributed by atoms with Crippen molar-refractivity contribution in [1.82, 2.24) is 10.2 Å². The van der Waals surface area contributed by atoms with Crippen LogP contribution in [-0.2, 0) is 15.9 Å². The second kappa shape index (κ2) is 3.03. The Kier molecular flexibility index (Phi) is 1.92. The van der Waals surface area contributed by atoms with E-state index in [2.05, 4.69) is 10.2 Å². The third-order valence-electron chi connectivity index (χ3n) is 2.44.